The molecular weight excluding hydrogens is 377 g/mol. The minimum Gasteiger partial charge on any atom is -0.369 e. The largest absolute Gasteiger partial charge is 0.369 e. The molecule has 2 rings (SSSR count). The Labute approximate surface area is 157 Å². The first-order valence-electron chi connectivity index (χ1n) is 8.49. The smallest absolute Gasteiger partial charge is 0.287 e. The molecule has 1 saturated heterocycles. The zero-order valence-corrected chi connectivity index (χ0v) is 15.5. The molecule has 0 bridgehead atoms. The standard InChI is InChI=1S/C17H22FN3O5S/c18-14-3-1-2-13(8-14)11-27(25,26)21-6-4-12(5-7-21)10-20-17(24)15(22)9-16(19)23/h1-3,8,12H,4-7,9-11H2,(H2,19,23)(H,20,24). The SMILES string of the molecule is NC(=O)CC(=O)C(=O)NCC1CCN(S(=O)(=O)Cc2cccc(F)c2)CC1. The number of halogens is 1. The number of carbonyl (C=O) groups excluding carboxylic acids is 3. The van der Waals surface area contributed by atoms with Gasteiger partial charge in [-0.15, -0.1) is 0 Å². The van der Waals surface area contributed by atoms with Crippen LogP contribution in [0, 0.1) is 11.7 Å². The van der Waals surface area contributed by atoms with Crippen LogP contribution in [0.2, 0.25) is 0 Å². The number of carbonyl (C=O) groups is 3. The van der Waals surface area contributed by atoms with Crippen molar-refractivity contribution in [1.29, 1.82) is 0 Å². The number of rotatable bonds is 8. The number of ketones is 1. The van der Waals surface area contributed by atoms with Gasteiger partial charge in [-0.2, -0.15) is 0 Å². The number of benzene rings is 1. The van der Waals surface area contributed by atoms with E-state index in [0.29, 0.717) is 18.4 Å². The zero-order chi connectivity index (χ0) is 20.0. The highest BCUT2D eigenvalue weighted by molar-refractivity contribution is 7.88. The Balaban J connectivity index is 1.81. The van der Waals surface area contributed by atoms with E-state index in [9.17, 15) is 27.2 Å². The van der Waals surface area contributed by atoms with Crippen molar-refractivity contribution in [2.45, 2.75) is 25.0 Å². The number of piperidine rings is 1. The third-order valence-corrected chi connectivity index (χ3v) is 6.19. The number of primary amides is 1. The first-order valence-corrected chi connectivity index (χ1v) is 10.1. The van der Waals surface area contributed by atoms with Gasteiger partial charge in [-0.1, -0.05) is 12.1 Å². The van der Waals surface area contributed by atoms with Crippen molar-refractivity contribution in [3.8, 4) is 0 Å². The van der Waals surface area contributed by atoms with Gasteiger partial charge in [0.05, 0.1) is 12.2 Å². The van der Waals surface area contributed by atoms with Gasteiger partial charge in [-0.05, 0) is 36.5 Å². The van der Waals surface area contributed by atoms with Crippen LogP contribution in [0.15, 0.2) is 24.3 Å². The highest BCUT2D eigenvalue weighted by atomic mass is 32.2. The molecule has 0 unspecified atom stereocenters. The molecule has 2 amide bonds. The second-order valence-electron chi connectivity index (χ2n) is 6.50. The summed E-state index contributed by atoms with van der Waals surface area (Å²) in [5.41, 5.74) is 5.25. The number of hydrogen-bond acceptors (Lipinski definition) is 5. The molecule has 0 aromatic heterocycles. The number of nitrogens with two attached hydrogens (primary N) is 1. The summed E-state index contributed by atoms with van der Waals surface area (Å²) >= 11 is 0. The number of nitrogens with zero attached hydrogens (tertiary/aromatic N) is 1. The minimum atomic E-state index is -3.56. The Morgan fingerprint density at radius 2 is 1.89 bits per heavy atom. The van der Waals surface area contributed by atoms with Crippen molar-refractivity contribution in [3.05, 3.63) is 35.6 Å². The summed E-state index contributed by atoms with van der Waals surface area (Å²) in [6.45, 7) is 0.794. The van der Waals surface area contributed by atoms with E-state index in [1.165, 1.54) is 22.5 Å². The monoisotopic (exact) mass is 399 g/mol. The maximum absolute atomic E-state index is 13.2. The molecule has 0 aliphatic carbocycles. The Morgan fingerprint density at radius 3 is 2.48 bits per heavy atom. The van der Waals surface area contributed by atoms with Crippen LogP contribution < -0.4 is 11.1 Å². The summed E-state index contributed by atoms with van der Waals surface area (Å²) in [5.74, 6) is -3.35. The Morgan fingerprint density at radius 1 is 1.22 bits per heavy atom. The number of sulfonamides is 1. The molecule has 8 nitrogen and oxygen atoms in total. The topological polar surface area (TPSA) is 127 Å². The molecule has 1 heterocycles. The summed E-state index contributed by atoms with van der Waals surface area (Å²) in [7, 11) is -3.56. The van der Waals surface area contributed by atoms with E-state index in [1.807, 2.05) is 0 Å². The third-order valence-electron chi connectivity index (χ3n) is 4.34. The molecule has 10 heteroatoms. The van der Waals surface area contributed by atoms with Crippen molar-refractivity contribution in [3.63, 3.8) is 0 Å². The summed E-state index contributed by atoms with van der Waals surface area (Å²) in [4.78, 5) is 33.6. The van der Waals surface area contributed by atoms with Crippen LogP contribution in [0.5, 0.6) is 0 Å². The van der Waals surface area contributed by atoms with Crippen LogP contribution in [0.25, 0.3) is 0 Å². The fourth-order valence-electron chi connectivity index (χ4n) is 2.89. The first-order chi connectivity index (χ1) is 12.7. The molecule has 1 aromatic carbocycles. The molecule has 1 fully saturated rings. The fraction of sp³-hybridized carbons (Fsp3) is 0.471. The molecule has 27 heavy (non-hydrogen) atoms. The van der Waals surface area contributed by atoms with Crippen LogP contribution in [-0.4, -0.2) is 50.0 Å². The highest BCUT2D eigenvalue weighted by Crippen LogP contribution is 2.21. The van der Waals surface area contributed by atoms with Gasteiger partial charge in [0, 0.05) is 19.6 Å². The van der Waals surface area contributed by atoms with Crippen molar-refractivity contribution in [2.24, 2.45) is 11.7 Å². The normalized spacial score (nSPS) is 16.0. The van der Waals surface area contributed by atoms with Gasteiger partial charge < -0.3 is 11.1 Å². The van der Waals surface area contributed by atoms with Gasteiger partial charge in [-0.3, -0.25) is 14.4 Å². The molecule has 0 saturated carbocycles. The van der Waals surface area contributed by atoms with E-state index in [1.54, 1.807) is 6.07 Å². The predicted octanol–water partition coefficient (Wildman–Crippen LogP) is -0.0718. The van der Waals surface area contributed by atoms with Crippen LogP contribution in [0.4, 0.5) is 4.39 Å². The lowest BCUT2D eigenvalue weighted by molar-refractivity contribution is -0.140. The van der Waals surface area contributed by atoms with Crippen molar-refractivity contribution >= 4 is 27.6 Å². The van der Waals surface area contributed by atoms with Crippen molar-refractivity contribution in [2.75, 3.05) is 19.6 Å². The third kappa shape index (κ3) is 6.40. The highest BCUT2D eigenvalue weighted by Gasteiger charge is 2.28. The van der Waals surface area contributed by atoms with Crippen molar-refractivity contribution in [1.82, 2.24) is 9.62 Å². The van der Waals surface area contributed by atoms with Crippen LogP contribution in [0.3, 0.4) is 0 Å². The van der Waals surface area contributed by atoms with Crippen LogP contribution in [-0.2, 0) is 30.2 Å². The van der Waals surface area contributed by atoms with Gasteiger partial charge in [0.1, 0.15) is 5.82 Å². The summed E-state index contributed by atoms with van der Waals surface area (Å²) in [6, 6.07) is 5.48. The summed E-state index contributed by atoms with van der Waals surface area (Å²) < 4.78 is 39.5. The molecule has 0 spiro atoms. The molecular formula is C17H22FN3O5S. The van der Waals surface area contributed by atoms with E-state index in [-0.39, 0.29) is 31.3 Å². The molecule has 3 N–H and O–H groups in total. The second-order valence-corrected chi connectivity index (χ2v) is 8.47. The lowest BCUT2D eigenvalue weighted by atomic mass is 9.98. The quantitative estimate of drug-likeness (QED) is 0.467. The average Bonchev–Trinajstić information content (AvgIpc) is 2.59. The van der Waals surface area contributed by atoms with E-state index in [0.717, 1.165) is 0 Å². The van der Waals surface area contributed by atoms with Gasteiger partial charge in [0.15, 0.2) is 0 Å². The molecule has 1 aliphatic rings. The number of amides is 2. The van der Waals surface area contributed by atoms with Crippen LogP contribution in [0.1, 0.15) is 24.8 Å². The lowest BCUT2D eigenvalue weighted by Gasteiger charge is -2.31. The van der Waals surface area contributed by atoms with E-state index in [4.69, 9.17) is 5.73 Å². The molecule has 1 aliphatic heterocycles. The summed E-state index contributed by atoms with van der Waals surface area (Å²) in [5, 5.41) is 2.45. The Hall–Kier alpha value is -2.33. The molecule has 148 valence electrons. The van der Waals surface area contributed by atoms with Gasteiger partial charge >= 0.3 is 0 Å². The Bertz CT molecular complexity index is 820. The minimum absolute atomic E-state index is 0.0240. The van der Waals surface area contributed by atoms with Gasteiger partial charge in [0.2, 0.25) is 21.7 Å². The lowest BCUT2D eigenvalue weighted by Crippen LogP contribution is -2.43. The number of hydrogen-bond donors (Lipinski definition) is 2. The molecule has 0 atom stereocenters. The number of nitrogens with one attached hydrogen (secondary N) is 1. The van der Waals surface area contributed by atoms with Gasteiger partial charge in [0.25, 0.3) is 5.91 Å². The fourth-order valence-corrected chi connectivity index (χ4v) is 4.44. The molecule has 0 radical (unpaired) electrons. The van der Waals surface area contributed by atoms with Crippen molar-refractivity contribution < 1.29 is 27.2 Å². The Kier molecular flexibility index (Phi) is 7.03. The molecule has 1 aromatic rings. The van der Waals surface area contributed by atoms with E-state index in [2.05, 4.69) is 5.32 Å². The maximum atomic E-state index is 13.2. The maximum Gasteiger partial charge on any atom is 0.287 e. The van der Waals surface area contributed by atoms with Gasteiger partial charge in [-0.25, -0.2) is 17.1 Å². The van der Waals surface area contributed by atoms with Crippen LogP contribution >= 0.6 is 0 Å². The second kappa shape index (κ2) is 9.05. The first kappa shape index (κ1) is 21.0. The van der Waals surface area contributed by atoms with E-state index >= 15 is 0 Å². The predicted molar refractivity (Wildman–Crippen MR) is 95.1 cm³/mol. The van der Waals surface area contributed by atoms with E-state index < -0.39 is 39.9 Å². The zero-order valence-electron chi connectivity index (χ0n) is 14.7. The average molecular weight is 399 g/mol. The summed E-state index contributed by atoms with van der Waals surface area (Å²) in [6.07, 6.45) is 0.405. The number of Topliss-reactive ketones (excluding diaryl/α,β-unsaturated/α-hetero) is 1.